The molecule has 0 fully saturated rings. The smallest absolute Gasteiger partial charge is 0.143 e. The maximum atomic E-state index is 6.43. The second-order valence-electron chi connectivity index (χ2n) is 15.3. The fourth-order valence-electron chi connectivity index (χ4n) is 8.75. The van der Waals surface area contributed by atoms with Crippen LogP contribution in [0.15, 0.2) is 241 Å². The van der Waals surface area contributed by atoms with Crippen molar-refractivity contribution >= 4 is 49.8 Å². The lowest BCUT2D eigenvalue weighted by Gasteiger charge is -2.26. The fraction of sp³-hybridized carbons (Fsp3) is 0. The van der Waals surface area contributed by atoms with Crippen LogP contribution < -0.4 is 4.90 Å². The van der Waals surface area contributed by atoms with Crippen molar-refractivity contribution in [3.05, 3.63) is 237 Å². The van der Waals surface area contributed by atoms with E-state index in [1.54, 1.807) is 0 Å². The quantitative estimate of drug-likeness (QED) is 0.153. The van der Waals surface area contributed by atoms with Crippen LogP contribution in [0.3, 0.4) is 0 Å². The summed E-state index contributed by atoms with van der Waals surface area (Å²) in [7, 11) is 0. The van der Waals surface area contributed by atoms with E-state index in [0.29, 0.717) is 0 Å². The molecule has 0 radical (unpaired) electrons. The number of fused-ring (bicyclic) bond motifs is 4. The normalized spacial score (nSPS) is 11.3. The number of furan rings is 1. The summed E-state index contributed by atoms with van der Waals surface area (Å²) in [4.78, 5) is 2.35. The molecular formula is C58H39NO. The number of anilines is 3. The topological polar surface area (TPSA) is 16.4 Å². The molecule has 0 saturated carbocycles. The van der Waals surface area contributed by atoms with Gasteiger partial charge in [-0.15, -0.1) is 0 Å². The van der Waals surface area contributed by atoms with Crippen LogP contribution in [0.2, 0.25) is 0 Å². The van der Waals surface area contributed by atoms with Crippen molar-refractivity contribution < 1.29 is 4.42 Å². The molecule has 0 N–H and O–H groups in total. The van der Waals surface area contributed by atoms with Gasteiger partial charge >= 0.3 is 0 Å². The molecule has 2 heteroatoms. The van der Waals surface area contributed by atoms with Crippen LogP contribution in [0.5, 0.6) is 0 Å². The molecule has 0 spiro atoms. The van der Waals surface area contributed by atoms with Gasteiger partial charge < -0.3 is 9.32 Å². The SMILES string of the molecule is c1ccc(-c2cccc(N(c3ccc(-c4ccc(-c5ccccc5)c(-c5cccc6ccccc56)c4)cc3)c3ccc(-c4cccc5c4oc4ccccc45)cc3)c2)cc1. The Bertz CT molecular complexity index is 3290. The molecule has 0 saturated heterocycles. The number of nitrogens with zero attached hydrogens (tertiary/aromatic N) is 1. The van der Waals surface area contributed by atoms with E-state index in [1.807, 2.05) is 12.1 Å². The minimum Gasteiger partial charge on any atom is -0.455 e. The highest BCUT2D eigenvalue weighted by Gasteiger charge is 2.18. The second-order valence-corrected chi connectivity index (χ2v) is 15.3. The molecule has 0 aliphatic heterocycles. The zero-order valence-electron chi connectivity index (χ0n) is 32.9. The summed E-state index contributed by atoms with van der Waals surface area (Å²) in [6.07, 6.45) is 0. The molecule has 282 valence electrons. The van der Waals surface area contributed by atoms with Crippen molar-refractivity contribution in [2.24, 2.45) is 0 Å². The first-order chi connectivity index (χ1) is 29.7. The summed E-state index contributed by atoms with van der Waals surface area (Å²) in [5.41, 5.74) is 16.8. The van der Waals surface area contributed by atoms with Crippen LogP contribution in [-0.4, -0.2) is 0 Å². The molecule has 0 aliphatic rings. The lowest BCUT2D eigenvalue weighted by molar-refractivity contribution is 0.670. The van der Waals surface area contributed by atoms with Gasteiger partial charge in [-0.1, -0.05) is 188 Å². The Balaban J connectivity index is 1.00. The lowest BCUT2D eigenvalue weighted by Crippen LogP contribution is -2.10. The molecule has 2 nitrogen and oxygen atoms in total. The van der Waals surface area contributed by atoms with Crippen LogP contribution in [0.1, 0.15) is 0 Å². The van der Waals surface area contributed by atoms with Gasteiger partial charge in [-0.2, -0.15) is 0 Å². The van der Waals surface area contributed by atoms with E-state index in [9.17, 15) is 0 Å². The van der Waals surface area contributed by atoms with E-state index in [-0.39, 0.29) is 0 Å². The predicted molar refractivity (Wildman–Crippen MR) is 253 cm³/mol. The Hall–Kier alpha value is -7.94. The summed E-state index contributed by atoms with van der Waals surface area (Å²) in [6, 6.07) is 84.8. The highest BCUT2D eigenvalue weighted by molar-refractivity contribution is 6.09. The van der Waals surface area contributed by atoms with Crippen LogP contribution >= 0.6 is 0 Å². The summed E-state index contributed by atoms with van der Waals surface area (Å²) < 4.78 is 6.43. The first kappa shape index (κ1) is 35.2. The Morgan fingerprint density at radius 3 is 1.57 bits per heavy atom. The minimum atomic E-state index is 0.904. The minimum absolute atomic E-state index is 0.904. The van der Waals surface area contributed by atoms with Gasteiger partial charge in [-0.3, -0.25) is 0 Å². The third-order valence-electron chi connectivity index (χ3n) is 11.7. The van der Waals surface area contributed by atoms with Crippen molar-refractivity contribution in [2.75, 3.05) is 4.90 Å². The van der Waals surface area contributed by atoms with Gasteiger partial charge in [0.05, 0.1) is 0 Å². The standard InChI is InChI=1S/C58H39NO/c1-3-14-40(15-4-1)45-20-11-21-49(38-45)59(48-35-30-44(31-36-48)52-24-13-26-55-54-23-9-10-27-57(54)60-58(52)55)47-33-28-41(29-34-47)46-32-37-51(42-16-5-2-6-17-42)56(39-46)53-25-12-19-43-18-7-8-22-50(43)53/h1-39H. The Morgan fingerprint density at radius 2 is 0.783 bits per heavy atom. The Kier molecular flexibility index (Phi) is 8.87. The molecule has 0 atom stereocenters. The van der Waals surface area contributed by atoms with E-state index in [0.717, 1.165) is 55.7 Å². The molecular weight excluding hydrogens is 727 g/mol. The van der Waals surface area contributed by atoms with Crippen molar-refractivity contribution in [2.45, 2.75) is 0 Å². The Morgan fingerprint density at radius 1 is 0.267 bits per heavy atom. The second kappa shape index (κ2) is 15.1. The van der Waals surface area contributed by atoms with Gasteiger partial charge in [-0.05, 0) is 109 Å². The summed E-state index contributed by atoms with van der Waals surface area (Å²) in [5, 5.41) is 4.75. The number of rotatable bonds is 8. The molecule has 60 heavy (non-hydrogen) atoms. The molecule has 10 aromatic carbocycles. The van der Waals surface area contributed by atoms with Gasteiger partial charge in [0.15, 0.2) is 0 Å². The van der Waals surface area contributed by atoms with Crippen molar-refractivity contribution in [3.8, 4) is 55.6 Å². The van der Waals surface area contributed by atoms with Crippen molar-refractivity contribution in [1.29, 1.82) is 0 Å². The molecule has 0 aliphatic carbocycles. The molecule has 11 rings (SSSR count). The zero-order valence-corrected chi connectivity index (χ0v) is 32.9. The number of hydrogen-bond acceptors (Lipinski definition) is 2. The number of para-hydroxylation sites is 2. The van der Waals surface area contributed by atoms with E-state index < -0.39 is 0 Å². The van der Waals surface area contributed by atoms with Crippen LogP contribution in [0.4, 0.5) is 17.1 Å². The van der Waals surface area contributed by atoms with Gasteiger partial charge in [-0.25, -0.2) is 0 Å². The average Bonchev–Trinajstić information content (AvgIpc) is 3.72. The molecule has 0 bridgehead atoms. The molecule has 0 unspecified atom stereocenters. The zero-order chi connectivity index (χ0) is 39.8. The Labute approximate surface area is 349 Å². The summed E-state index contributed by atoms with van der Waals surface area (Å²) in [5.74, 6) is 0. The maximum absolute atomic E-state index is 6.43. The van der Waals surface area contributed by atoms with E-state index >= 15 is 0 Å². The van der Waals surface area contributed by atoms with Gasteiger partial charge in [0.25, 0.3) is 0 Å². The van der Waals surface area contributed by atoms with Crippen LogP contribution in [-0.2, 0) is 0 Å². The maximum Gasteiger partial charge on any atom is 0.143 e. The van der Waals surface area contributed by atoms with E-state index in [2.05, 4.69) is 229 Å². The van der Waals surface area contributed by atoms with Crippen molar-refractivity contribution in [3.63, 3.8) is 0 Å². The third kappa shape index (κ3) is 6.41. The largest absolute Gasteiger partial charge is 0.455 e. The highest BCUT2D eigenvalue weighted by Crippen LogP contribution is 2.42. The predicted octanol–water partition coefficient (Wildman–Crippen LogP) is 16.5. The van der Waals surface area contributed by atoms with Crippen molar-refractivity contribution in [1.82, 2.24) is 0 Å². The number of benzene rings is 10. The highest BCUT2D eigenvalue weighted by atomic mass is 16.3. The molecule has 0 amide bonds. The first-order valence-corrected chi connectivity index (χ1v) is 20.5. The fourth-order valence-corrected chi connectivity index (χ4v) is 8.75. The van der Waals surface area contributed by atoms with E-state index in [4.69, 9.17) is 4.42 Å². The molecule has 1 heterocycles. The van der Waals surface area contributed by atoms with Gasteiger partial charge in [0.1, 0.15) is 11.2 Å². The van der Waals surface area contributed by atoms with Crippen LogP contribution in [0, 0.1) is 0 Å². The van der Waals surface area contributed by atoms with Crippen LogP contribution in [0.25, 0.3) is 88.3 Å². The third-order valence-corrected chi connectivity index (χ3v) is 11.7. The van der Waals surface area contributed by atoms with Gasteiger partial charge in [0, 0.05) is 33.4 Å². The average molecular weight is 766 g/mol. The summed E-state index contributed by atoms with van der Waals surface area (Å²) in [6.45, 7) is 0. The van der Waals surface area contributed by atoms with Gasteiger partial charge in [0.2, 0.25) is 0 Å². The molecule has 1 aromatic heterocycles. The first-order valence-electron chi connectivity index (χ1n) is 20.5. The molecule has 11 aromatic rings. The lowest BCUT2D eigenvalue weighted by atomic mass is 9.89. The number of hydrogen-bond donors (Lipinski definition) is 0. The summed E-state index contributed by atoms with van der Waals surface area (Å²) >= 11 is 0. The monoisotopic (exact) mass is 765 g/mol. The van der Waals surface area contributed by atoms with E-state index in [1.165, 1.54) is 49.7 Å².